The van der Waals surface area contributed by atoms with Crippen LogP contribution in [-0.2, 0) is 9.59 Å². The van der Waals surface area contributed by atoms with E-state index in [1.54, 1.807) is 25.3 Å². The van der Waals surface area contributed by atoms with E-state index in [-0.39, 0.29) is 42.8 Å². The smallest absolute Gasteiger partial charge is 0.258 e. The molecule has 4 atom stereocenters. The second-order valence-electron chi connectivity index (χ2n) is 7.92. The zero-order valence-electron chi connectivity index (χ0n) is 16.0. The maximum Gasteiger partial charge on any atom is 0.258 e. The van der Waals surface area contributed by atoms with Gasteiger partial charge in [0.1, 0.15) is 0 Å². The number of rotatable bonds is 7. The number of hydrogen-bond donors (Lipinski definition) is 3. The Morgan fingerprint density at radius 3 is 2.54 bits per heavy atom. The summed E-state index contributed by atoms with van der Waals surface area (Å²) < 4.78 is 10.9. The molecule has 28 heavy (non-hydrogen) atoms. The highest BCUT2D eigenvalue weighted by atomic mass is 35.5. The van der Waals surface area contributed by atoms with Gasteiger partial charge < -0.3 is 25.8 Å². The number of carbonyl (C=O) groups excluding carboxylic acids is 2. The fraction of sp³-hybridized carbons (Fsp3) is 0.600. The van der Waals surface area contributed by atoms with Crippen LogP contribution in [0.2, 0.25) is 0 Å². The highest BCUT2D eigenvalue weighted by Crippen LogP contribution is 2.48. The molecule has 2 bridgehead atoms. The predicted octanol–water partition coefficient (Wildman–Crippen LogP) is 2.09. The van der Waals surface area contributed by atoms with Gasteiger partial charge in [-0.05, 0) is 56.1 Å². The van der Waals surface area contributed by atoms with Crippen molar-refractivity contribution in [3.8, 4) is 11.5 Å². The molecule has 0 saturated heterocycles. The van der Waals surface area contributed by atoms with Crippen molar-refractivity contribution < 1.29 is 19.1 Å². The molecule has 1 aromatic rings. The molecule has 4 unspecified atom stereocenters. The number of fused-ring (bicyclic) bond motifs is 2. The van der Waals surface area contributed by atoms with Crippen LogP contribution in [0.1, 0.15) is 32.1 Å². The minimum atomic E-state index is -0.151. The minimum Gasteiger partial charge on any atom is -0.493 e. The molecule has 3 fully saturated rings. The maximum atomic E-state index is 12.7. The van der Waals surface area contributed by atoms with Gasteiger partial charge in [0.25, 0.3) is 5.91 Å². The molecule has 4 rings (SSSR count). The van der Waals surface area contributed by atoms with E-state index in [9.17, 15) is 9.59 Å². The van der Waals surface area contributed by atoms with Gasteiger partial charge in [0, 0.05) is 23.8 Å². The molecule has 0 radical (unpaired) electrons. The van der Waals surface area contributed by atoms with Gasteiger partial charge in [0.05, 0.1) is 13.0 Å². The van der Waals surface area contributed by atoms with Crippen molar-refractivity contribution in [1.29, 1.82) is 0 Å². The molecule has 8 heteroatoms. The maximum absolute atomic E-state index is 12.7. The number of halogens is 1. The summed E-state index contributed by atoms with van der Waals surface area (Å²) in [6.45, 7) is -0.0818. The Balaban J connectivity index is 0.00000225. The summed E-state index contributed by atoms with van der Waals surface area (Å²) in [5.41, 5.74) is 6.89. The zero-order valence-corrected chi connectivity index (χ0v) is 16.8. The summed E-state index contributed by atoms with van der Waals surface area (Å²) in [5, 5.41) is 5.84. The molecule has 7 nitrogen and oxygen atoms in total. The van der Waals surface area contributed by atoms with Crippen molar-refractivity contribution in [3.63, 3.8) is 0 Å². The number of nitrogens with two attached hydrogens (primary N) is 1. The van der Waals surface area contributed by atoms with E-state index in [4.69, 9.17) is 15.2 Å². The monoisotopic (exact) mass is 409 g/mol. The molecular weight excluding hydrogens is 382 g/mol. The summed E-state index contributed by atoms with van der Waals surface area (Å²) in [6.07, 6.45) is 5.35. The Bertz CT molecular complexity index is 738. The highest BCUT2D eigenvalue weighted by molar-refractivity contribution is 5.94. The van der Waals surface area contributed by atoms with E-state index in [1.165, 1.54) is 0 Å². The lowest BCUT2D eigenvalue weighted by Crippen LogP contribution is -2.42. The normalized spacial score (nSPS) is 27.6. The van der Waals surface area contributed by atoms with E-state index in [0.717, 1.165) is 32.1 Å². The molecule has 0 aromatic heterocycles. The van der Waals surface area contributed by atoms with Gasteiger partial charge >= 0.3 is 0 Å². The van der Waals surface area contributed by atoms with Crippen molar-refractivity contribution in [1.82, 2.24) is 5.32 Å². The van der Waals surface area contributed by atoms with E-state index >= 15 is 0 Å². The van der Waals surface area contributed by atoms with Crippen LogP contribution in [0.5, 0.6) is 11.5 Å². The lowest BCUT2D eigenvalue weighted by molar-refractivity contribution is -0.123. The van der Waals surface area contributed by atoms with Crippen LogP contribution in [0, 0.1) is 17.8 Å². The standard InChI is InChI=1S/C20H27N3O4.ClH/c1-26-15-7-6-14(9-16(15)27-10-17(24)22-13-4-5-13)23-20(25)18-11-2-3-12(8-11)19(18)21;/h6-7,9,11-13,18-19H,2-5,8,10,21H2,1H3,(H,22,24)(H,23,25);1H. The topological polar surface area (TPSA) is 103 Å². The Hall–Kier alpha value is -1.99. The third-order valence-corrected chi connectivity index (χ3v) is 6.02. The molecule has 0 heterocycles. The van der Waals surface area contributed by atoms with Gasteiger partial charge in [0.2, 0.25) is 5.91 Å². The number of benzene rings is 1. The fourth-order valence-electron chi connectivity index (χ4n) is 4.46. The van der Waals surface area contributed by atoms with Gasteiger partial charge in [-0.3, -0.25) is 9.59 Å². The van der Waals surface area contributed by atoms with Crippen molar-refractivity contribution in [2.75, 3.05) is 19.0 Å². The molecule has 0 spiro atoms. The Morgan fingerprint density at radius 1 is 1.14 bits per heavy atom. The molecule has 3 saturated carbocycles. The summed E-state index contributed by atoms with van der Waals surface area (Å²) in [7, 11) is 1.54. The Kier molecular flexibility index (Phi) is 6.35. The van der Waals surface area contributed by atoms with Gasteiger partial charge in [-0.2, -0.15) is 0 Å². The van der Waals surface area contributed by atoms with Crippen LogP contribution in [0.3, 0.4) is 0 Å². The van der Waals surface area contributed by atoms with Crippen molar-refractivity contribution in [2.45, 2.75) is 44.2 Å². The SMILES string of the molecule is COc1ccc(NC(=O)C2C3CCC(C3)C2N)cc1OCC(=O)NC1CC1.Cl. The molecule has 4 N–H and O–H groups in total. The molecule has 1 aromatic carbocycles. The Labute approximate surface area is 171 Å². The second-order valence-corrected chi connectivity index (χ2v) is 7.92. The quantitative estimate of drug-likeness (QED) is 0.639. The number of nitrogens with one attached hydrogen (secondary N) is 2. The highest BCUT2D eigenvalue weighted by Gasteiger charge is 2.49. The third-order valence-electron chi connectivity index (χ3n) is 6.02. The first-order valence-electron chi connectivity index (χ1n) is 9.72. The lowest BCUT2D eigenvalue weighted by Gasteiger charge is -2.27. The number of carbonyl (C=O) groups is 2. The van der Waals surface area contributed by atoms with Gasteiger partial charge in [-0.1, -0.05) is 0 Å². The Morgan fingerprint density at radius 2 is 1.89 bits per heavy atom. The van der Waals surface area contributed by atoms with E-state index in [1.807, 2.05) is 0 Å². The first-order chi connectivity index (χ1) is 13.0. The molecule has 0 aliphatic heterocycles. The summed E-state index contributed by atoms with van der Waals surface area (Å²) in [5.74, 6) is 1.51. The van der Waals surface area contributed by atoms with Crippen molar-refractivity contribution >= 4 is 29.9 Å². The van der Waals surface area contributed by atoms with E-state index in [0.29, 0.717) is 35.1 Å². The largest absolute Gasteiger partial charge is 0.493 e. The number of amides is 2. The van der Waals surface area contributed by atoms with Crippen LogP contribution < -0.4 is 25.8 Å². The average molecular weight is 410 g/mol. The van der Waals surface area contributed by atoms with Crippen LogP contribution >= 0.6 is 12.4 Å². The van der Waals surface area contributed by atoms with E-state index < -0.39 is 0 Å². The summed E-state index contributed by atoms with van der Waals surface area (Å²) in [4.78, 5) is 24.6. The predicted molar refractivity (Wildman–Crippen MR) is 108 cm³/mol. The first-order valence-corrected chi connectivity index (χ1v) is 9.72. The van der Waals surface area contributed by atoms with Gasteiger partial charge in [0.15, 0.2) is 18.1 Å². The molecule has 3 aliphatic carbocycles. The van der Waals surface area contributed by atoms with Crippen LogP contribution in [0.4, 0.5) is 5.69 Å². The number of hydrogen-bond acceptors (Lipinski definition) is 5. The minimum absolute atomic E-state index is 0. The van der Waals surface area contributed by atoms with Crippen LogP contribution in [0.15, 0.2) is 18.2 Å². The first kappa shape index (κ1) is 20.7. The fourth-order valence-corrected chi connectivity index (χ4v) is 4.46. The number of methoxy groups -OCH3 is 1. The second kappa shape index (κ2) is 8.57. The molecule has 2 amide bonds. The van der Waals surface area contributed by atoms with Crippen LogP contribution in [0.25, 0.3) is 0 Å². The number of ether oxygens (including phenoxy) is 2. The molecule has 154 valence electrons. The van der Waals surface area contributed by atoms with E-state index in [2.05, 4.69) is 10.6 Å². The average Bonchev–Trinajstić information content (AvgIpc) is 3.23. The van der Waals surface area contributed by atoms with Crippen molar-refractivity contribution in [2.24, 2.45) is 23.5 Å². The van der Waals surface area contributed by atoms with Crippen LogP contribution in [-0.4, -0.2) is 37.6 Å². The molecular formula is C20H28ClN3O4. The zero-order chi connectivity index (χ0) is 19.0. The third kappa shape index (κ3) is 4.36. The van der Waals surface area contributed by atoms with Gasteiger partial charge in [-0.15, -0.1) is 12.4 Å². The van der Waals surface area contributed by atoms with Gasteiger partial charge in [-0.25, -0.2) is 0 Å². The number of anilines is 1. The summed E-state index contributed by atoms with van der Waals surface area (Å²) in [6, 6.07) is 5.43. The van der Waals surface area contributed by atoms with Crippen molar-refractivity contribution in [3.05, 3.63) is 18.2 Å². The molecule has 3 aliphatic rings. The lowest BCUT2D eigenvalue weighted by atomic mass is 9.84. The summed E-state index contributed by atoms with van der Waals surface area (Å²) >= 11 is 0.